The van der Waals surface area contributed by atoms with Crippen LogP contribution < -0.4 is 0 Å². The molecule has 3 aliphatic carbocycles. The number of hydrogen-bond donors (Lipinski definition) is 4. The van der Waals surface area contributed by atoms with E-state index in [1.165, 1.54) is 22.8 Å². The maximum absolute atomic E-state index is 14.6. The molecule has 4 atom stereocenters. The second-order valence-corrected chi connectivity index (χ2v) is 16.0. The Morgan fingerprint density at radius 1 is 0.902 bits per heavy atom. The van der Waals surface area contributed by atoms with Crippen molar-refractivity contribution in [1.29, 1.82) is 0 Å². The zero-order valence-electron chi connectivity index (χ0n) is 30.8. The Morgan fingerprint density at radius 3 is 2.14 bits per heavy atom. The lowest BCUT2D eigenvalue weighted by atomic mass is 9.44. The zero-order valence-corrected chi connectivity index (χ0v) is 30.8. The molecule has 7 heteroatoms. The lowest BCUT2D eigenvalue weighted by Crippen LogP contribution is -2.67. The average molecular weight is 691 g/mol. The molecule has 0 saturated heterocycles. The summed E-state index contributed by atoms with van der Waals surface area (Å²) in [5.74, 6) is -5.14. The van der Waals surface area contributed by atoms with Gasteiger partial charge < -0.3 is 20.4 Å². The van der Waals surface area contributed by atoms with Crippen molar-refractivity contribution in [2.24, 2.45) is 22.7 Å². The Balaban J connectivity index is 1.43. The molecule has 4 N–H and O–H groups in total. The van der Waals surface area contributed by atoms with Crippen LogP contribution in [0.2, 0.25) is 0 Å². The molecule has 0 radical (unpaired) electrons. The van der Waals surface area contributed by atoms with Gasteiger partial charge in [0.05, 0.1) is 5.56 Å². The topological polar surface area (TPSA) is 132 Å². The van der Waals surface area contributed by atoms with Crippen LogP contribution in [0.1, 0.15) is 99.0 Å². The fourth-order valence-corrected chi connectivity index (χ4v) is 9.74. The van der Waals surface area contributed by atoms with E-state index in [9.17, 15) is 34.8 Å². The molecule has 0 amide bonds. The normalized spacial score (nSPS) is 25.9. The maximum atomic E-state index is 14.6. The third-order valence-electron chi connectivity index (χ3n) is 12.0. The van der Waals surface area contributed by atoms with Crippen LogP contribution >= 0.6 is 0 Å². The maximum Gasteiger partial charge on any atom is 0.209 e. The van der Waals surface area contributed by atoms with E-state index >= 15 is 0 Å². The Bertz CT molecular complexity index is 2020. The predicted octanol–water partition coefficient (Wildman–Crippen LogP) is 8.45. The SMILES string of the molecule is CCc1ccc(CCCCc2ccc(C)cc2)cc1-c1ccc(O)c2c1C[C@]1(C)C[C@]3(C)C(C(C)C)C(O)=C(C(C)=O)C(=O)[C@]3(O)C(O)=C1C2=O. The van der Waals surface area contributed by atoms with Crippen molar-refractivity contribution in [2.75, 3.05) is 0 Å². The molecule has 0 heterocycles. The lowest BCUT2D eigenvalue weighted by molar-refractivity contribution is -0.171. The van der Waals surface area contributed by atoms with Gasteiger partial charge in [-0.25, -0.2) is 0 Å². The van der Waals surface area contributed by atoms with Crippen LogP contribution in [0.3, 0.4) is 0 Å². The number of phenols is 1. The Hall–Kier alpha value is -4.49. The molecule has 3 aromatic carbocycles. The smallest absolute Gasteiger partial charge is 0.209 e. The summed E-state index contributed by atoms with van der Waals surface area (Å²) in [7, 11) is 0. The zero-order chi connectivity index (χ0) is 37.2. The highest BCUT2D eigenvalue weighted by atomic mass is 16.3. The summed E-state index contributed by atoms with van der Waals surface area (Å²) in [6.07, 6.45) is 5.01. The van der Waals surface area contributed by atoms with Crippen LogP contribution in [-0.4, -0.2) is 43.4 Å². The van der Waals surface area contributed by atoms with Gasteiger partial charge in [0.1, 0.15) is 22.8 Å². The first kappa shape index (κ1) is 36.3. The van der Waals surface area contributed by atoms with E-state index in [4.69, 9.17) is 0 Å². The minimum Gasteiger partial charge on any atom is -0.511 e. The fraction of sp³-hybridized carbons (Fsp3) is 0.432. The Labute approximate surface area is 300 Å². The second-order valence-electron chi connectivity index (χ2n) is 16.0. The number of aliphatic hydroxyl groups excluding tert-OH is 2. The fourth-order valence-electron chi connectivity index (χ4n) is 9.74. The molecule has 1 unspecified atom stereocenters. The summed E-state index contributed by atoms with van der Waals surface area (Å²) in [4.78, 5) is 41.3. The third-order valence-corrected chi connectivity index (χ3v) is 12.0. The van der Waals surface area contributed by atoms with E-state index in [2.05, 4.69) is 56.3 Å². The van der Waals surface area contributed by atoms with Crippen LogP contribution in [0.5, 0.6) is 5.75 Å². The summed E-state index contributed by atoms with van der Waals surface area (Å²) in [6, 6.07) is 18.5. The van der Waals surface area contributed by atoms with Crippen LogP contribution in [0.25, 0.3) is 11.1 Å². The molecule has 0 fully saturated rings. The molecular weight excluding hydrogens is 640 g/mol. The van der Waals surface area contributed by atoms with Crippen LogP contribution in [0, 0.1) is 29.6 Å². The monoisotopic (exact) mass is 690 g/mol. The summed E-state index contributed by atoms with van der Waals surface area (Å²) in [5.41, 5.74) is 1.47. The number of carbonyl (C=O) groups is 3. The van der Waals surface area contributed by atoms with E-state index in [0.29, 0.717) is 5.56 Å². The molecule has 268 valence electrons. The molecule has 0 saturated carbocycles. The number of Topliss-reactive ketones (excluding diaryl/α,β-unsaturated/α-hetero) is 3. The van der Waals surface area contributed by atoms with Gasteiger partial charge in [0.15, 0.2) is 17.2 Å². The number of carbonyl (C=O) groups excluding carboxylic acids is 3. The average Bonchev–Trinajstić information content (AvgIpc) is 3.05. The lowest BCUT2D eigenvalue weighted by Gasteiger charge is -2.59. The van der Waals surface area contributed by atoms with Crippen LogP contribution in [0.15, 0.2) is 77.3 Å². The van der Waals surface area contributed by atoms with Gasteiger partial charge in [0, 0.05) is 22.3 Å². The molecule has 0 bridgehead atoms. The van der Waals surface area contributed by atoms with Crippen molar-refractivity contribution in [1.82, 2.24) is 0 Å². The highest BCUT2D eigenvalue weighted by Gasteiger charge is 2.71. The minimum atomic E-state index is -2.63. The largest absolute Gasteiger partial charge is 0.511 e. The van der Waals surface area contributed by atoms with Gasteiger partial charge in [0.25, 0.3) is 0 Å². The van der Waals surface area contributed by atoms with E-state index in [0.717, 1.165) is 55.7 Å². The van der Waals surface area contributed by atoms with Crippen molar-refractivity contribution in [3.05, 3.63) is 111 Å². The Kier molecular flexibility index (Phi) is 9.20. The van der Waals surface area contributed by atoms with Crippen LogP contribution in [0.4, 0.5) is 0 Å². The predicted molar refractivity (Wildman–Crippen MR) is 198 cm³/mol. The summed E-state index contributed by atoms with van der Waals surface area (Å²) >= 11 is 0. The molecule has 3 aromatic rings. The summed E-state index contributed by atoms with van der Waals surface area (Å²) in [5, 5.41) is 47.0. The molecule has 3 aliphatic rings. The first-order valence-electron chi connectivity index (χ1n) is 18.2. The van der Waals surface area contributed by atoms with E-state index in [-0.39, 0.29) is 35.6 Å². The number of aromatic hydroxyl groups is 1. The molecule has 7 nitrogen and oxygen atoms in total. The molecule has 0 spiro atoms. The first-order valence-corrected chi connectivity index (χ1v) is 18.2. The number of fused-ring (bicyclic) bond motifs is 3. The van der Waals surface area contributed by atoms with E-state index in [1.54, 1.807) is 6.92 Å². The molecule has 0 aliphatic heterocycles. The van der Waals surface area contributed by atoms with Crippen molar-refractivity contribution >= 4 is 17.3 Å². The number of benzene rings is 3. The molecule has 51 heavy (non-hydrogen) atoms. The van der Waals surface area contributed by atoms with Gasteiger partial charge in [-0.1, -0.05) is 88.7 Å². The third kappa shape index (κ3) is 5.56. The number of aryl methyl sites for hydroxylation is 4. The quantitative estimate of drug-likeness (QED) is 0.131. The first-order chi connectivity index (χ1) is 24.0. The highest BCUT2D eigenvalue weighted by Crippen LogP contribution is 2.65. The molecule has 0 aromatic heterocycles. The van der Waals surface area contributed by atoms with Gasteiger partial charge in [-0.15, -0.1) is 0 Å². The van der Waals surface area contributed by atoms with E-state index < -0.39 is 56.8 Å². The summed E-state index contributed by atoms with van der Waals surface area (Å²) in [6.45, 7) is 12.5. The number of rotatable bonds is 9. The summed E-state index contributed by atoms with van der Waals surface area (Å²) < 4.78 is 0. The van der Waals surface area contributed by atoms with Crippen molar-refractivity contribution in [3.63, 3.8) is 0 Å². The van der Waals surface area contributed by atoms with Gasteiger partial charge in [-0.05, 0) is 104 Å². The number of unbranched alkanes of at least 4 members (excludes halogenated alkanes) is 1. The van der Waals surface area contributed by atoms with Gasteiger partial charge >= 0.3 is 0 Å². The molecule has 6 rings (SSSR count). The molecular formula is C44H50O7. The van der Waals surface area contributed by atoms with Gasteiger partial charge in [0.2, 0.25) is 5.78 Å². The number of hydrogen-bond acceptors (Lipinski definition) is 7. The standard InChI is InChI=1S/C44H50O7/c1-8-29-18-17-28(12-10-9-11-27-15-13-25(4)14-16-27)21-31(29)30-19-20-33(46)35-32(30)22-42(6)23-43(7)36(24(2)3)38(47)34(26(5)45)40(49)44(43,51)41(50)37(42)39(35)48/h13-21,24,36,46-47,50-51H,8-12,22-23H2,1-7H3/t36?,42-,43-,44+/m1/s1. The number of aliphatic hydroxyl groups is 3. The van der Waals surface area contributed by atoms with Crippen molar-refractivity contribution in [2.45, 2.75) is 99.0 Å². The van der Waals surface area contributed by atoms with Crippen LogP contribution in [-0.2, 0) is 35.3 Å². The van der Waals surface area contributed by atoms with Gasteiger partial charge in [-0.2, -0.15) is 0 Å². The Morgan fingerprint density at radius 2 is 1.53 bits per heavy atom. The van der Waals surface area contributed by atoms with Crippen molar-refractivity contribution < 1.29 is 34.8 Å². The highest BCUT2D eigenvalue weighted by molar-refractivity contribution is 6.25. The van der Waals surface area contributed by atoms with Crippen molar-refractivity contribution in [3.8, 4) is 16.9 Å². The number of allylic oxidation sites excluding steroid dienone is 2. The number of phenolic OH excluding ortho intramolecular Hbond substituents is 1. The second kappa shape index (κ2) is 12.9. The van der Waals surface area contributed by atoms with E-state index in [1.807, 2.05) is 26.8 Å². The minimum absolute atomic E-state index is 0.0399. The van der Waals surface area contributed by atoms with Gasteiger partial charge in [-0.3, -0.25) is 14.4 Å². The number of ketones is 3.